The summed E-state index contributed by atoms with van der Waals surface area (Å²) in [5.74, 6) is 2.34. The summed E-state index contributed by atoms with van der Waals surface area (Å²) in [6.45, 7) is -2.60. The highest BCUT2D eigenvalue weighted by molar-refractivity contribution is 9.10. The monoisotopic (exact) mass is 474 g/mol. The Morgan fingerprint density at radius 1 is 1.30 bits per heavy atom. The van der Waals surface area contributed by atoms with Crippen LogP contribution in [-0.2, 0) is 11.2 Å². The van der Waals surface area contributed by atoms with Crippen molar-refractivity contribution in [3.8, 4) is 18.1 Å². The van der Waals surface area contributed by atoms with Crippen LogP contribution in [0.4, 0.5) is 13.6 Å². The number of halogens is 3. The Morgan fingerprint density at radius 2 is 2.07 bits per heavy atom. The van der Waals surface area contributed by atoms with Gasteiger partial charge in [0.2, 0.25) is 0 Å². The molecule has 0 aliphatic carbocycles. The molecule has 8 heteroatoms. The van der Waals surface area contributed by atoms with Crippen LogP contribution < -0.4 is 4.74 Å². The molecule has 154 valence electrons. The Balaban J connectivity index is 1.78. The van der Waals surface area contributed by atoms with Gasteiger partial charge in [-0.05, 0) is 41.8 Å². The summed E-state index contributed by atoms with van der Waals surface area (Å²) >= 11 is 3.48. The Kier molecular flexibility index (Phi) is 5.64. The van der Waals surface area contributed by atoms with E-state index in [2.05, 4.69) is 31.6 Å². The average molecular weight is 475 g/mol. The van der Waals surface area contributed by atoms with E-state index in [-0.39, 0.29) is 12.4 Å². The number of nitrogens with zero attached hydrogens (tertiary/aromatic N) is 1. The number of fused-ring (bicyclic) bond motifs is 3. The first-order valence-electron chi connectivity index (χ1n) is 9.19. The molecule has 0 saturated heterocycles. The molecule has 2 aromatic carbocycles. The minimum Gasteiger partial charge on any atom is -0.436 e. The van der Waals surface area contributed by atoms with Crippen molar-refractivity contribution in [3.05, 3.63) is 63.8 Å². The highest BCUT2D eigenvalue weighted by atomic mass is 79.9. The van der Waals surface area contributed by atoms with E-state index in [0.29, 0.717) is 13.0 Å². The number of hydrogen-bond donors (Lipinski definition) is 1. The molecule has 0 radical (unpaired) electrons. The summed E-state index contributed by atoms with van der Waals surface area (Å²) in [5, 5.41) is 1.08. The van der Waals surface area contributed by atoms with Gasteiger partial charge in [-0.15, -0.1) is 6.42 Å². The topological polar surface area (TPSA) is 54.6 Å². The maximum atomic E-state index is 12.7. The molecule has 1 aliphatic rings. The Hall–Kier alpha value is -3.05. The molecule has 4 rings (SSSR count). The molecule has 1 aromatic heterocycles. The minimum absolute atomic E-state index is 0.0480. The van der Waals surface area contributed by atoms with Crippen molar-refractivity contribution in [2.24, 2.45) is 0 Å². The molecule has 1 atom stereocenters. The van der Waals surface area contributed by atoms with Gasteiger partial charge in [0.25, 0.3) is 0 Å². The molecule has 0 bridgehead atoms. The highest BCUT2D eigenvalue weighted by Gasteiger charge is 2.35. The van der Waals surface area contributed by atoms with Crippen LogP contribution in [0.3, 0.4) is 0 Å². The third-order valence-corrected chi connectivity index (χ3v) is 5.52. The second-order valence-corrected chi connectivity index (χ2v) is 7.67. The van der Waals surface area contributed by atoms with Gasteiger partial charge in [-0.1, -0.05) is 40.0 Å². The van der Waals surface area contributed by atoms with E-state index in [1.54, 1.807) is 17.0 Å². The van der Waals surface area contributed by atoms with Gasteiger partial charge in [-0.25, -0.2) is 4.79 Å². The number of amides is 1. The summed E-state index contributed by atoms with van der Waals surface area (Å²) in [5.41, 5.74) is 3.64. The molecule has 3 aromatic rings. The van der Waals surface area contributed by atoms with Crippen LogP contribution in [0.1, 0.15) is 22.9 Å². The summed E-state index contributed by atoms with van der Waals surface area (Å²) < 4.78 is 35.5. The molecule has 0 spiro atoms. The Morgan fingerprint density at radius 3 is 2.77 bits per heavy atom. The van der Waals surface area contributed by atoms with Gasteiger partial charge < -0.3 is 14.5 Å². The van der Waals surface area contributed by atoms with Gasteiger partial charge in [0.05, 0.1) is 0 Å². The van der Waals surface area contributed by atoms with E-state index >= 15 is 0 Å². The first-order valence-corrected chi connectivity index (χ1v) is 9.99. The van der Waals surface area contributed by atoms with Crippen molar-refractivity contribution in [1.29, 1.82) is 0 Å². The van der Waals surface area contributed by atoms with Crippen molar-refractivity contribution in [3.63, 3.8) is 0 Å². The normalized spacial score (nSPS) is 15.7. The molecule has 0 saturated carbocycles. The zero-order valence-electron chi connectivity index (χ0n) is 15.7. The standard InChI is InChI=1S/C22H17BrF2N2O3/c1-2-11-29-22(28)27-10-9-17-16-8-5-14(23)12-18(16)26-19(17)20(27)13-3-6-15(7-4-13)30-21(24)25/h1,3-8,12,20-21,26H,9-11H2. The van der Waals surface area contributed by atoms with Gasteiger partial charge in [0, 0.05) is 27.6 Å². The van der Waals surface area contributed by atoms with E-state index in [0.717, 1.165) is 32.2 Å². The van der Waals surface area contributed by atoms with Gasteiger partial charge in [-0.2, -0.15) is 8.78 Å². The largest absolute Gasteiger partial charge is 0.436 e. The van der Waals surface area contributed by atoms with Crippen molar-refractivity contribution in [1.82, 2.24) is 9.88 Å². The number of nitrogens with one attached hydrogen (secondary N) is 1. The first-order chi connectivity index (χ1) is 14.5. The van der Waals surface area contributed by atoms with Crippen molar-refractivity contribution >= 4 is 32.9 Å². The predicted molar refractivity (Wildman–Crippen MR) is 112 cm³/mol. The maximum Gasteiger partial charge on any atom is 0.411 e. The van der Waals surface area contributed by atoms with Crippen molar-refractivity contribution in [2.45, 2.75) is 19.1 Å². The Labute approximate surface area is 180 Å². The number of carbonyl (C=O) groups is 1. The summed E-state index contributed by atoms with van der Waals surface area (Å²) in [7, 11) is 0. The van der Waals surface area contributed by atoms with E-state index < -0.39 is 18.7 Å². The number of H-pyrrole nitrogens is 1. The van der Waals surface area contributed by atoms with Crippen LogP contribution in [0, 0.1) is 12.3 Å². The van der Waals surface area contributed by atoms with Crippen LogP contribution in [0.5, 0.6) is 5.75 Å². The fourth-order valence-corrected chi connectivity index (χ4v) is 4.19. The zero-order valence-corrected chi connectivity index (χ0v) is 17.3. The van der Waals surface area contributed by atoms with Gasteiger partial charge in [-0.3, -0.25) is 4.90 Å². The molecular formula is C22H17BrF2N2O3. The second-order valence-electron chi connectivity index (χ2n) is 6.76. The number of benzene rings is 2. The van der Waals surface area contributed by atoms with Crippen LogP contribution in [0.15, 0.2) is 46.9 Å². The molecule has 1 aliphatic heterocycles. The number of rotatable bonds is 4. The molecule has 1 amide bonds. The van der Waals surface area contributed by atoms with Gasteiger partial charge >= 0.3 is 12.7 Å². The highest BCUT2D eigenvalue weighted by Crippen LogP contribution is 2.39. The van der Waals surface area contributed by atoms with Gasteiger partial charge in [0.1, 0.15) is 11.8 Å². The molecule has 1 unspecified atom stereocenters. The predicted octanol–water partition coefficient (Wildman–Crippen LogP) is 5.25. The van der Waals surface area contributed by atoms with E-state index in [4.69, 9.17) is 11.2 Å². The second kappa shape index (κ2) is 8.36. The lowest BCUT2D eigenvalue weighted by molar-refractivity contribution is -0.0498. The number of aromatic nitrogens is 1. The SMILES string of the molecule is C#CCOC(=O)N1CCc2c([nH]c3cc(Br)ccc23)C1c1ccc(OC(F)F)cc1. The molecule has 2 heterocycles. The molecule has 1 N–H and O–H groups in total. The molecule has 5 nitrogen and oxygen atoms in total. The minimum atomic E-state index is -2.90. The number of terminal acetylenes is 1. The number of ether oxygens (including phenoxy) is 2. The Bertz CT molecular complexity index is 1120. The quantitative estimate of drug-likeness (QED) is 0.525. The first kappa shape index (κ1) is 20.2. The maximum absolute atomic E-state index is 12.7. The number of hydrogen-bond acceptors (Lipinski definition) is 3. The zero-order chi connectivity index (χ0) is 21.3. The third kappa shape index (κ3) is 3.85. The summed E-state index contributed by atoms with van der Waals surface area (Å²) in [4.78, 5) is 17.7. The van der Waals surface area contributed by atoms with E-state index in [1.165, 1.54) is 12.1 Å². The molecular weight excluding hydrogens is 458 g/mol. The lowest BCUT2D eigenvalue weighted by Crippen LogP contribution is -2.41. The van der Waals surface area contributed by atoms with Crippen LogP contribution >= 0.6 is 15.9 Å². The lowest BCUT2D eigenvalue weighted by Gasteiger charge is -2.35. The fraction of sp³-hybridized carbons (Fsp3) is 0.227. The van der Waals surface area contributed by atoms with Crippen LogP contribution in [0.2, 0.25) is 0 Å². The van der Waals surface area contributed by atoms with Crippen LogP contribution in [0.25, 0.3) is 10.9 Å². The molecule has 0 fully saturated rings. The average Bonchev–Trinajstić information content (AvgIpc) is 3.09. The molecule has 30 heavy (non-hydrogen) atoms. The fourth-order valence-electron chi connectivity index (χ4n) is 3.83. The number of alkyl halides is 2. The van der Waals surface area contributed by atoms with Gasteiger partial charge in [0.15, 0.2) is 6.61 Å². The van der Waals surface area contributed by atoms with E-state index in [1.807, 2.05) is 18.2 Å². The summed E-state index contributed by atoms with van der Waals surface area (Å²) in [6.07, 6.45) is 5.33. The smallest absolute Gasteiger partial charge is 0.411 e. The lowest BCUT2D eigenvalue weighted by atomic mass is 9.92. The van der Waals surface area contributed by atoms with Crippen LogP contribution in [-0.4, -0.2) is 35.7 Å². The van der Waals surface area contributed by atoms with Crippen molar-refractivity contribution < 1.29 is 23.0 Å². The van der Waals surface area contributed by atoms with Crippen molar-refractivity contribution in [2.75, 3.05) is 13.2 Å². The number of aromatic amines is 1. The summed E-state index contributed by atoms with van der Waals surface area (Å²) in [6, 6.07) is 11.7. The number of carbonyl (C=O) groups excluding carboxylic acids is 1. The van der Waals surface area contributed by atoms with E-state index in [9.17, 15) is 13.6 Å². The third-order valence-electron chi connectivity index (χ3n) is 5.02.